The minimum Gasteiger partial charge on any atom is -0.492 e. The van der Waals surface area contributed by atoms with Gasteiger partial charge in [0.2, 0.25) is 0 Å². The van der Waals surface area contributed by atoms with Gasteiger partial charge in [0.25, 0.3) is 5.91 Å². The predicted octanol–water partition coefficient (Wildman–Crippen LogP) is 3.06. The Hall–Kier alpha value is -2.33. The van der Waals surface area contributed by atoms with Gasteiger partial charge < -0.3 is 10.1 Å². The van der Waals surface area contributed by atoms with E-state index in [1.54, 1.807) is 0 Å². The lowest BCUT2D eigenvalue weighted by molar-refractivity contribution is -0.0488. The van der Waals surface area contributed by atoms with E-state index in [2.05, 4.69) is 29.3 Å². The fourth-order valence-corrected chi connectivity index (χ4v) is 4.21. The normalized spacial score (nSPS) is 24.4. The molecule has 2 heterocycles. The molecule has 2 aliphatic rings. The number of carbonyl (C=O) groups is 1. The van der Waals surface area contributed by atoms with Crippen molar-refractivity contribution in [3.63, 3.8) is 0 Å². The zero-order valence-electron chi connectivity index (χ0n) is 14.5. The number of likely N-dealkylation sites (tertiary alicyclic amines) is 1. The molecule has 2 aliphatic heterocycles. The largest absolute Gasteiger partial charge is 0.492 e. The molecule has 1 amide bonds. The highest BCUT2D eigenvalue weighted by Crippen LogP contribution is 2.46. The molecule has 2 aromatic rings. The van der Waals surface area contributed by atoms with Crippen LogP contribution in [0.4, 0.5) is 0 Å². The van der Waals surface area contributed by atoms with Crippen molar-refractivity contribution in [2.45, 2.75) is 31.3 Å². The standard InChI is InChI=1S/C21H24N2O2/c1-2-12-23-17(13-22-21(24)15-8-4-3-5-9-15)20-16-10-6-7-11-19(16)25-14-18(20)23/h3-11,17-18,20H,2,12-14H2,1H3,(H,22,24)/t17-,18+,20+/m0/s1. The van der Waals surface area contributed by atoms with Crippen molar-refractivity contribution in [1.29, 1.82) is 0 Å². The summed E-state index contributed by atoms with van der Waals surface area (Å²) in [5.74, 6) is 1.44. The van der Waals surface area contributed by atoms with Crippen LogP contribution < -0.4 is 10.1 Å². The highest BCUT2D eigenvalue weighted by molar-refractivity contribution is 5.94. The molecule has 0 aliphatic carbocycles. The summed E-state index contributed by atoms with van der Waals surface area (Å²) < 4.78 is 5.95. The van der Waals surface area contributed by atoms with Gasteiger partial charge in [-0.15, -0.1) is 0 Å². The van der Waals surface area contributed by atoms with Crippen LogP contribution in [0.2, 0.25) is 0 Å². The van der Waals surface area contributed by atoms with Gasteiger partial charge >= 0.3 is 0 Å². The van der Waals surface area contributed by atoms with Crippen LogP contribution in [0.5, 0.6) is 5.75 Å². The number of rotatable bonds is 5. The second kappa shape index (κ2) is 6.89. The Balaban J connectivity index is 1.50. The maximum absolute atomic E-state index is 12.4. The van der Waals surface area contributed by atoms with Gasteiger partial charge in [0, 0.05) is 29.6 Å². The molecule has 0 radical (unpaired) electrons. The van der Waals surface area contributed by atoms with Gasteiger partial charge in [0.15, 0.2) is 0 Å². The van der Waals surface area contributed by atoms with Crippen LogP contribution in [0, 0.1) is 0 Å². The Labute approximate surface area is 148 Å². The van der Waals surface area contributed by atoms with E-state index in [9.17, 15) is 4.79 Å². The summed E-state index contributed by atoms with van der Waals surface area (Å²) in [6.45, 7) is 4.65. The average molecular weight is 336 g/mol. The number of nitrogens with one attached hydrogen (secondary N) is 1. The summed E-state index contributed by atoms with van der Waals surface area (Å²) in [4.78, 5) is 14.9. The van der Waals surface area contributed by atoms with E-state index in [4.69, 9.17) is 4.74 Å². The van der Waals surface area contributed by atoms with Gasteiger partial charge in [-0.3, -0.25) is 9.69 Å². The third-order valence-corrected chi connectivity index (χ3v) is 5.36. The molecule has 0 unspecified atom stereocenters. The molecule has 4 heteroatoms. The molecule has 4 rings (SSSR count). The predicted molar refractivity (Wildman–Crippen MR) is 98.0 cm³/mol. The van der Waals surface area contributed by atoms with E-state index in [1.807, 2.05) is 42.5 Å². The summed E-state index contributed by atoms with van der Waals surface area (Å²) in [6, 6.07) is 18.5. The Bertz CT molecular complexity index is 747. The zero-order chi connectivity index (χ0) is 17.2. The number of carbonyl (C=O) groups excluding carboxylic acids is 1. The Morgan fingerprint density at radius 3 is 2.72 bits per heavy atom. The highest BCUT2D eigenvalue weighted by atomic mass is 16.5. The number of fused-ring (bicyclic) bond motifs is 3. The van der Waals surface area contributed by atoms with Crippen molar-refractivity contribution in [3.8, 4) is 5.75 Å². The molecule has 3 atom stereocenters. The zero-order valence-corrected chi connectivity index (χ0v) is 14.5. The van der Waals surface area contributed by atoms with E-state index in [0.29, 0.717) is 30.1 Å². The third-order valence-electron chi connectivity index (χ3n) is 5.36. The maximum Gasteiger partial charge on any atom is 0.251 e. The molecular weight excluding hydrogens is 312 g/mol. The van der Waals surface area contributed by atoms with Crippen molar-refractivity contribution >= 4 is 5.91 Å². The first kappa shape index (κ1) is 16.2. The first-order valence-electron chi connectivity index (χ1n) is 9.10. The first-order chi connectivity index (χ1) is 12.3. The average Bonchev–Trinajstić information content (AvgIpc) is 2.66. The van der Waals surface area contributed by atoms with Crippen molar-refractivity contribution in [3.05, 3.63) is 65.7 Å². The molecule has 0 spiro atoms. The van der Waals surface area contributed by atoms with E-state index in [1.165, 1.54) is 5.56 Å². The third kappa shape index (κ3) is 2.91. The van der Waals surface area contributed by atoms with Gasteiger partial charge in [-0.05, 0) is 31.2 Å². The van der Waals surface area contributed by atoms with Crippen LogP contribution in [-0.4, -0.2) is 42.6 Å². The van der Waals surface area contributed by atoms with Gasteiger partial charge in [0.05, 0.1) is 6.04 Å². The lowest BCUT2D eigenvalue weighted by Gasteiger charge is -2.57. The number of ether oxygens (including phenoxy) is 1. The van der Waals surface area contributed by atoms with Crippen LogP contribution in [0.25, 0.3) is 0 Å². The Kier molecular flexibility index (Phi) is 4.45. The van der Waals surface area contributed by atoms with Crippen molar-refractivity contribution in [2.24, 2.45) is 0 Å². The van der Waals surface area contributed by atoms with E-state index in [-0.39, 0.29) is 5.91 Å². The second-order valence-electron chi connectivity index (χ2n) is 6.82. The number of para-hydroxylation sites is 1. The first-order valence-corrected chi connectivity index (χ1v) is 9.10. The minimum atomic E-state index is 0.000781. The topological polar surface area (TPSA) is 41.6 Å². The number of amides is 1. The highest BCUT2D eigenvalue weighted by Gasteiger charge is 2.51. The molecule has 1 saturated heterocycles. The molecule has 130 valence electrons. The summed E-state index contributed by atoms with van der Waals surface area (Å²) in [5, 5.41) is 3.13. The lowest BCUT2D eigenvalue weighted by atomic mass is 9.73. The molecule has 2 aromatic carbocycles. The second-order valence-corrected chi connectivity index (χ2v) is 6.82. The summed E-state index contributed by atoms with van der Waals surface area (Å²) in [6.07, 6.45) is 1.11. The van der Waals surface area contributed by atoms with Gasteiger partial charge in [-0.1, -0.05) is 43.3 Å². The van der Waals surface area contributed by atoms with Gasteiger partial charge in [0.1, 0.15) is 12.4 Å². The molecule has 0 aromatic heterocycles. The van der Waals surface area contributed by atoms with Crippen LogP contribution in [0.15, 0.2) is 54.6 Å². The van der Waals surface area contributed by atoms with Crippen molar-refractivity contribution < 1.29 is 9.53 Å². The van der Waals surface area contributed by atoms with Crippen LogP contribution in [0.1, 0.15) is 35.2 Å². The van der Waals surface area contributed by atoms with E-state index >= 15 is 0 Å². The summed E-state index contributed by atoms with van der Waals surface area (Å²) >= 11 is 0. The fourth-order valence-electron chi connectivity index (χ4n) is 4.21. The van der Waals surface area contributed by atoms with Crippen molar-refractivity contribution in [1.82, 2.24) is 10.2 Å². The summed E-state index contributed by atoms with van der Waals surface area (Å²) in [5.41, 5.74) is 2.00. The number of hydrogen-bond donors (Lipinski definition) is 1. The number of hydrogen-bond acceptors (Lipinski definition) is 3. The fraction of sp³-hybridized carbons (Fsp3) is 0.381. The Morgan fingerprint density at radius 2 is 1.92 bits per heavy atom. The molecule has 1 fully saturated rings. The minimum absolute atomic E-state index is 0.000781. The van der Waals surface area contributed by atoms with E-state index < -0.39 is 0 Å². The van der Waals surface area contributed by atoms with Crippen LogP contribution in [0.3, 0.4) is 0 Å². The number of nitrogens with zero attached hydrogens (tertiary/aromatic N) is 1. The summed E-state index contributed by atoms with van der Waals surface area (Å²) in [7, 11) is 0. The molecule has 0 saturated carbocycles. The van der Waals surface area contributed by atoms with Crippen LogP contribution in [-0.2, 0) is 0 Å². The van der Waals surface area contributed by atoms with Gasteiger partial charge in [-0.25, -0.2) is 0 Å². The Morgan fingerprint density at radius 1 is 1.16 bits per heavy atom. The van der Waals surface area contributed by atoms with E-state index in [0.717, 1.165) is 25.3 Å². The molecule has 1 N–H and O–H groups in total. The maximum atomic E-state index is 12.4. The smallest absolute Gasteiger partial charge is 0.251 e. The SMILES string of the molecule is CCCN1[C@@H]2COc3ccccc3[C@@H]2[C@@H]1CNC(=O)c1ccccc1. The lowest BCUT2D eigenvalue weighted by Crippen LogP contribution is -2.68. The van der Waals surface area contributed by atoms with Crippen LogP contribution >= 0.6 is 0 Å². The monoisotopic (exact) mass is 336 g/mol. The molecule has 4 nitrogen and oxygen atoms in total. The molecule has 25 heavy (non-hydrogen) atoms. The number of benzene rings is 2. The molecular formula is C21H24N2O2. The molecule has 0 bridgehead atoms. The van der Waals surface area contributed by atoms with Gasteiger partial charge in [-0.2, -0.15) is 0 Å². The quantitative estimate of drug-likeness (QED) is 0.912. The van der Waals surface area contributed by atoms with Crippen molar-refractivity contribution in [2.75, 3.05) is 19.7 Å².